The number of aliphatic hydroxyl groups is 1. The van der Waals surface area contributed by atoms with Gasteiger partial charge in [0.2, 0.25) is 0 Å². The third-order valence-electron chi connectivity index (χ3n) is 5.79. The molecule has 4 atom stereocenters. The van der Waals surface area contributed by atoms with E-state index >= 15 is 0 Å². The Labute approximate surface area is 146 Å². The van der Waals surface area contributed by atoms with Crippen LogP contribution >= 0.6 is 0 Å². The van der Waals surface area contributed by atoms with Crippen molar-refractivity contribution in [3.05, 3.63) is 0 Å². The van der Waals surface area contributed by atoms with E-state index < -0.39 is 5.60 Å². The number of rotatable bonds is 2. The molecule has 1 N–H and O–H groups in total. The van der Waals surface area contributed by atoms with Gasteiger partial charge in [-0.15, -0.1) is 0 Å². The normalized spacial score (nSPS) is 34.9. The fraction of sp³-hybridized carbons (Fsp3) is 0.947. The van der Waals surface area contributed by atoms with Gasteiger partial charge in [-0.3, -0.25) is 0 Å². The van der Waals surface area contributed by atoms with Gasteiger partial charge in [0.25, 0.3) is 0 Å². The molecule has 2 bridgehead atoms. The molecule has 0 spiro atoms. The van der Waals surface area contributed by atoms with E-state index in [1.165, 1.54) is 25.7 Å². The Morgan fingerprint density at radius 2 is 1.75 bits per heavy atom. The van der Waals surface area contributed by atoms with E-state index in [1.807, 2.05) is 25.7 Å². The molecule has 3 aliphatic rings. The molecule has 1 unspecified atom stereocenters. The first-order valence-corrected chi connectivity index (χ1v) is 9.70. The summed E-state index contributed by atoms with van der Waals surface area (Å²) < 4.78 is 5.53. The van der Waals surface area contributed by atoms with Crippen molar-refractivity contribution < 1.29 is 14.6 Å². The number of aliphatic hydroxyl groups excluding tert-OH is 1. The van der Waals surface area contributed by atoms with Crippen LogP contribution in [0.5, 0.6) is 0 Å². The van der Waals surface area contributed by atoms with Crippen LogP contribution in [-0.4, -0.2) is 65.4 Å². The van der Waals surface area contributed by atoms with Gasteiger partial charge < -0.3 is 19.6 Å². The Morgan fingerprint density at radius 1 is 1.08 bits per heavy atom. The summed E-state index contributed by atoms with van der Waals surface area (Å²) in [6.07, 6.45) is 5.61. The molecule has 2 aliphatic heterocycles. The summed E-state index contributed by atoms with van der Waals surface area (Å²) in [5.74, 6) is 1.45. The lowest BCUT2D eigenvalue weighted by Gasteiger charge is -2.46. The highest BCUT2D eigenvalue weighted by Gasteiger charge is 2.39. The molecule has 2 saturated heterocycles. The number of carbonyl (C=O) groups excluding carboxylic acids is 1. The predicted octanol–water partition coefficient (Wildman–Crippen LogP) is 2.73. The van der Waals surface area contributed by atoms with Gasteiger partial charge in [0, 0.05) is 32.7 Å². The first kappa shape index (κ1) is 18.0. The first-order chi connectivity index (χ1) is 11.3. The first-order valence-electron chi connectivity index (χ1n) is 9.70. The fourth-order valence-electron chi connectivity index (χ4n) is 4.73. The molecule has 0 radical (unpaired) electrons. The molecule has 0 aromatic heterocycles. The number of carbonyl (C=O) groups is 1. The van der Waals surface area contributed by atoms with Gasteiger partial charge in [0.05, 0.1) is 6.10 Å². The Hall–Kier alpha value is -0.810. The molecule has 24 heavy (non-hydrogen) atoms. The van der Waals surface area contributed by atoms with Gasteiger partial charge in [0.15, 0.2) is 0 Å². The van der Waals surface area contributed by atoms with E-state index in [2.05, 4.69) is 4.90 Å². The number of fused-ring (bicyclic) bond motifs is 2. The lowest BCUT2D eigenvalue weighted by Crippen LogP contribution is -2.53. The van der Waals surface area contributed by atoms with Crippen LogP contribution in [0.4, 0.5) is 4.79 Å². The molecule has 1 saturated carbocycles. The largest absolute Gasteiger partial charge is 0.444 e. The predicted molar refractivity (Wildman–Crippen MR) is 93.8 cm³/mol. The highest BCUT2D eigenvalue weighted by atomic mass is 16.6. The van der Waals surface area contributed by atoms with Crippen LogP contribution in [0.1, 0.15) is 52.9 Å². The molecule has 0 aromatic carbocycles. The molecular weight excluding hydrogens is 304 g/mol. The van der Waals surface area contributed by atoms with Crippen LogP contribution in [0.3, 0.4) is 0 Å². The highest BCUT2D eigenvalue weighted by Crippen LogP contribution is 2.35. The van der Waals surface area contributed by atoms with E-state index in [1.54, 1.807) is 0 Å². The molecule has 138 valence electrons. The van der Waals surface area contributed by atoms with Crippen molar-refractivity contribution in [1.82, 2.24) is 9.80 Å². The molecule has 2 heterocycles. The van der Waals surface area contributed by atoms with Crippen molar-refractivity contribution in [2.24, 2.45) is 17.8 Å². The van der Waals surface area contributed by atoms with Crippen LogP contribution in [0.2, 0.25) is 0 Å². The summed E-state index contributed by atoms with van der Waals surface area (Å²) in [6.45, 7) is 10.5. The van der Waals surface area contributed by atoms with Crippen molar-refractivity contribution in [3.8, 4) is 0 Å². The summed E-state index contributed by atoms with van der Waals surface area (Å²) in [6, 6.07) is 0. The maximum Gasteiger partial charge on any atom is 0.410 e. The molecule has 0 aromatic rings. The van der Waals surface area contributed by atoms with Crippen LogP contribution < -0.4 is 0 Å². The van der Waals surface area contributed by atoms with E-state index in [4.69, 9.17) is 4.74 Å². The van der Waals surface area contributed by atoms with Gasteiger partial charge in [-0.25, -0.2) is 4.79 Å². The Kier molecular flexibility index (Phi) is 5.40. The summed E-state index contributed by atoms with van der Waals surface area (Å²) in [5.41, 5.74) is -0.426. The van der Waals surface area contributed by atoms with Crippen LogP contribution in [0, 0.1) is 17.8 Å². The summed E-state index contributed by atoms with van der Waals surface area (Å²) in [5, 5.41) is 10.3. The van der Waals surface area contributed by atoms with Gasteiger partial charge in [-0.1, -0.05) is 6.42 Å². The van der Waals surface area contributed by atoms with Crippen molar-refractivity contribution in [3.63, 3.8) is 0 Å². The number of likely N-dealkylation sites (tertiary alicyclic amines) is 2. The van der Waals surface area contributed by atoms with Crippen LogP contribution in [-0.2, 0) is 4.74 Å². The molecule has 3 rings (SSSR count). The minimum atomic E-state index is -0.426. The quantitative estimate of drug-likeness (QED) is 0.841. The zero-order chi connectivity index (χ0) is 17.3. The molecule has 5 nitrogen and oxygen atoms in total. The molecule has 1 amide bonds. The van der Waals surface area contributed by atoms with Gasteiger partial charge >= 0.3 is 6.09 Å². The number of amides is 1. The SMILES string of the molecule is CC(C)(C)OC(=O)N1CCC[C@H](CN2C[C@H]3CCC[C@@H](C2)C3O)C1. The third-order valence-corrected chi connectivity index (χ3v) is 5.79. The summed E-state index contributed by atoms with van der Waals surface area (Å²) in [4.78, 5) is 16.7. The zero-order valence-corrected chi connectivity index (χ0v) is 15.5. The lowest BCUT2D eigenvalue weighted by atomic mass is 9.75. The maximum atomic E-state index is 12.3. The minimum Gasteiger partial charge on any atom is -0.444 e. The van der Waals surface area contributed by atoms with Gasteiger partial charge in [-0.2, -0.15) is 0 Å². The van der Waals surface area contributed by atoms with E-state index in [9.17, 15) is 9.90 Å². The number of hydrogen-bond acceptors (Lipinski definition) is 4. The van der Waals surface area contributed by atoms with Crippen LogP contribution in [0.25, 0.3) is 0 Å². The van der Waals surface area contributed by atoms with Crippen molar-refractivity contribution in [2.45, 2.75) is 64.6 Å². The Balaban J connectivity index is 1.51. The fourth-order valence-corrected chi connectivity index (χ4v) is 4.73. The molecule has 1 aliphatic carbocycles. The number of nitrogens with zero attached hydrogens (tertiary/aromatic N) is 2. The van der Waals surface area contributed by atoms with Crippen molar-refractivity contribution in [2.75, 3.05) is 32.7 Å². The summed E-state index contributed by atoms with van der Waals surface area (Å²) in [7, 11) is 0. The van der Waals surface area contributed by atoms with Crippen molar-refractivity contribution in [1.29, 1.82) is 0 Å². The Morgan fingerprint density at radius 3 is 2.38 bits per heavy atom. The third kappa shape index (κ3) is 4.42. The number of hydrogen-bond donors (Lipinski definition) is 1. The topological polar surface area (TPSA) is 53.0 Å². The smallest absolute Gasteiger partial charge is 0.410 e. The maximum absolute atomic E-state index is 12.3. The Bertz CT molecular complexity index is 434. The van der Waals surface area contributed by atoms with E-state index in [0.717, 1.165) is 39.1 Å². The van der Waals surface area contributed by atoms with Crippen molar-refractivity contribution >= 4 is 6.09 Å². The second-order valence-corrected chi connectivity index (χ2v) is 9.09. The average molecular weight is 338 g/mol. The minimum absolute atomic E-state index is 0.0837. The number of piperidine rings is 2. The van der Waals surface area contributed by atoms with Gasteiger partial charge in [0.1, 0.15) is 5.60 Å². The average Bonchev–Trinajstić information content (AvgIpc) is 2.47. The monoisotopic (exact) mass is 338 g/mol. The van der Waals surface area contributed by atoms with Gasteiger partial charge in [-0.05, 0) is 64.2 Å². The van der Waals surface area contributed by atoms with Crippen LogP contribution in [0.15, 0.2) is 0 Å². The second-order valence-electron chi connectivity index (χ2n) is 9.09. The second kappa shape index (κ2) is 7.20. The standard InChI is InChI=1S/C19H34N2O3/c1-19(2,3)24-18(23)21-9-5-6-14(11-21)10-20-12-15-7-4-8-16(13-20)17(15)22/h14-17,22H,4-13H2,1-3H3/t14-,15-,16+,17?/m1/s1. The summed E-state index contributed by atoms with van der Waals surface area (Å²) >= 11 is 0. The zero-order valence-electron chi connectivity index (χ0n) is 15.5. The lowest BCUT2D eigenvalue weighted by molar-refractivity contribution is -0.0555. The highest BCUT2D eigenvalue weighted by molar-refractivity contribution is 5.68. The van der Waals surface area contributed by atoms with E-state index in [-0.39, 0.29) is 12.2 Å². The molecular formula is C19H34N2O3. The number of ether oxygens (including phenoxy) is 1. The van der Waals surface area contributed by atoms with E-state index in [0.29, 0.717) is 17.8 Å². The molecule has 3 fully saturated rings. The molecule has 5 heteroatoms.